The fourth-order valence-corrected chi connectivity index (χ4v) is 2.72. The van der Waals surface area contributed by atoms with Gasteiger partial charge in [0.15, 0.2) is 0 Å². The minimum absolute atomic E-state index is 0.0471. The van der Waals surface area contributed by atoms with Crippen molar-refractivity contribution in [3.8, 4) is 0 Å². The lowest BCUT2D eigenvalue weighted by Crippen LogP contribution is -2.52. The van der Waals surface area contributed by atoms with Gasteiger partial charge in [0.05, 0.1) is 25.0 Å². The Morgan fingerprint density at radius 1 is 1.35 bits per heavy atom. The number of rotatable bonds is 7. The Kier molecular flexibility index (Phi) is 5.94. The van der Waals surface area contributed by atoms with Gasteiger partial charge in [0.2, 0.25) is 11.8 Å². The number of methoxy groups -OCH3 is 1. The van der Waals surface area contributed by atoms with Crippen molar-refractivity contribution >= 4 is 17.8 Å². The number of carbonyl (C=O) groups is 3. The van der Waals surface area contributed by atoms with E-state index in [1.165, 1.54) is 7.11 Å². The van der Waals surface area contributed by atoms with Crippen LogP contribution in [-0.4, -0.2) is 60.6 Å². The molecule has 7 heteroatoms. The molecule has 1 saturated heterocycles. The van der Waals surface area contributed by atoms with Crippen LogP contribution in [0.5, 0.6) is 0 Å². The number of likely N-dealkylation sites (tertiary alicyclic amines) is 1. The van der Waals surface area contributed by atoms with Crippen molar-refractivity contribution < 1.29 is 24.2 Å². The molecule has 2 N–H and O–H groups in total. The monoisotopic (exact) mass is 286 g/mol. The fraction of sp³-hybridized carbons (Fsp3) is 0.769. The minimum atomic E-state index is -0.999. The normalized spacial score (nSPS) is 21.8. The average Bonchev–Trinajstić information content (AvgIpc) is 2.79. The number of carboxylic acid groups (broad SMARTS) is 1. The molecule has 1 aliphatic heterocycles. The third kappa shape index (κ3) is 3.93. The van der Waals surface area contributed by atoms with Crippen LogP contribution >= 0.6 is 0 Å². The first-order chi connectivity index (χ1) is 9.45. The molecule has 2 amide bonds. The summed E-state index contributed by atoms with van der Waals surface area (Å²) in [5.74, 6) is -1.38. The van der Waals surface area contributed by atoms with Crippen molar-refractivity contribution in [3.63, 3.8) is 0 Å². The maximum Gasteiger partial charge on any atom is 0.303 e. The molecule has 114 valence electrons. The summed E-state index contributed by atoms with van der Waals surface area (Å²) in [6, 6.07) is 0. The summed E-state index contributed by atoms with van der Waals surface area (Å²) < 4.78 is 5.19. The molecule has 0 radical (unpaired) electrons. The molecule has 0 spiro atoms. The first-order valence-corrected chi connectivity index (χ1v) is 6.67. The van der Waals surface area contributed by atoms with Gasteiger partial charge in [-0.05, 0) is 12.8 Å². The van der Waals surface area contributed by atoms with Crippen molar-refractivity contribution in [1.82, 2.24) is 10.2 Å². The van der Waals surface area contributed by atoms with Crippen molar-refractivity contribution in [2.75, 3.05) is 27.3 Å². The van der Waals surface area contributed by atoms with Crippen LogP contribution < -0.4 is 5.32 Å². The summed E-state index contributed by atoms with van der Waals surface area (Å²) in [5.41, 5.74) is -0.648. The number of ether oxygens (including phenoxy) is 1. The van der Waals surface area contributed by atoms with E-state index in [9.17, 15) is 14.4 Å². The average molecular weight is 286 g/mol. The Morgan fingerprint density at radius 3 is 2.60 bits per heavy atom. The lowest BCUT2D eigenvalue weighted by Gasteiger charge is -2.37. The van der Waals surface area contributed by atoms with Gasteiger partial charge in [0.1, 0.15) is 0 Å². The van der Waals surface area contributed by atoms with Crippen molar-refractivity contribution in [3.05, 3.63) is 0 Å². The highest BCUT2D eigenvalue weighted by atomic mass is 16.5. The van der Waals surface area contributed by atoms with E-state index < -0.39 is 11.5 Å². The van der Waals surface area contributed by atoms with Gasteiger partial charge in [-0.2, -0.15) is 0 Å². The first-order valence-electron chi connectivity index (χ1n) is 6.67. The van der Waals surface area contributed by atoms with E-state index >= 15 is 0 Å². The molecule has 1 rings (SSSR count). The molecule has 0 aromatic heterocycles. The Labute approximate surface area is 118 Å². The first kappa shape index (κ1) is 16.4. The molecule has 0 aromatic carbocycles. The number of aliphatic carboxylic acids is 1. The molecular weight excluding hydrogens is 264 g/mol. The smallest absolute Gasteiger partial charge is 0.303 e. The quantitative estimate of drug-likeness (QED) is 0.686. The highest BCUT2D eigenvalue weighted by Gasteiger charge is 2.44. The SMILES string of the molecule is CNC(=O)C[C@@]1(COC)CCCN1C(=O)CCC(=O)O. The summed E-state index contributed by atoms with van der Waals surface area (Å²) in [7, 11) is 3.08. The largest absolute Gasteiger partial charge is 0.481 e. The predicted octanol–water partition coefficient (Wildman–Crippen LogP) is -0.00510. The summed E-state index contributed by atoms with van der Waals surface area (Å²) >= 11 is 0. The van der Waals surface area contributed by atoms with E-state index in [-0.39, 0.29) is 37.7 Å². The number of hydrogen-bond donors (Lipinski definition) is 2. The summed E-state index contributed by atoms with van der Waals surface area (Å²) in [6.45, 7) is 0.817. The summed E-state index contributed by atoms with van der Waals surface area (Å²) in [4.78, 5) is 36.1. The second kappa shape index (κ2) is 7.23. The standard InChI is InChI=1S/C13H22N2O5/c1-14-10(16)8-13(9-20-2)6-3-7-15(13)11(17)4-5-12(18)19/h3-9H2,1-2H3,(H,14,16)(H,18,19)/t13-/m1/s1. The minimum Gasteiger partial charge on any atom is -0.481 e. The van der Waals surface area contributed by atoms with E-state index in [0.29, 0.717) is 13.0 Å². The van der Waals surface area contributed by atoms with Crippen LogP contribution in [-0.2, 0) is 19.1 Å². The molecule has 0 unspecified atom stereocenters. The number of hydrogen-bond acceptors (Lipinski definition) is 4. The van der Waals surface area contributed by atoms with Gasteiger partial charge in [-0.1, -0.05) is 0 Å². The van der Waals surface area contributed by atoms with Gasteiger partial charge in [-0.3, -0.25) is 14.4 Å². The Morgan fingerprint density at radius 2 is 2.05 bits per heavy atom. The molecule has 1 aliphatic rings. The van der Waals surface area contributed by atoms with Crippen LogP contribution in [0, 0.1) is 0 Å². The Bertz CT molecular complexity index is 385. The van der Waals surface area contributed by atoms with Gasteiger partial charge in [0.25, 0.3) is 0 Å². The van der Waals surface area contributed by atoms with Gasteiger partial charge in [-0.25, -0.2) is 0 Å². The Hall–Kier alpha value is -1.63. The molecule has 0 bridgehead atoms. The third-order valence-electron chi connectivity index (χ3n) is 3.63. The summed E-state index contributed by atoms with van der Waals surface area (Å²) in [6.07, 6.45) is 1.41. The lowest BCUT2D eigenvalue weighted by atomic mass is 9.92. The van der Waals surface area contributed by atoms with E-state index in [0.717, 1.165) is 6.42 Å². The van der Waals surface area contributed by atoms with Crippen molar-refractivity contribution in [1.29, 1.82) is 0 Å². The number of carbonyl (C=O) groups excluding carboxylic acids is 2. The Balaban J connectivity index is 2.82. The van der Waals surface area contributed by atoms with E-state index in [1.807, 2.05) is 0 Å². The molecule has 20 heavy (non-hydrogen) atoms. The maximum atomic E-state index is 12.2. The van der Waals surface area contributed by atoms with E-state index in [1.54, 1.807) is 11.9 Å². The zero-order chi connectivity index (χ0) is 15.2. The topological polar surface area (TPSA) is 95.9 Å². The molecule has 1 fully saturated rings. The predicted molar refractivity (Wildman–Crippen MR) is 71.1 cm³/mol. The lowest BCUT2D eigenvalue weighted by molar-refractivity contribution is -0.144. The number of nitrogens with zero attached hydrogens (tertiary/aromatic N) is 1. The van der Waals surface area contributed by atoms with Crippen molar-refractivity contribution in [2.24, 2.45) is 0 Å². The van der Waals surface area contributed by atoms with Crippen LogP contribution in [0.15, 0.2) is 0 Å². The zero-order valence-corrected chi connectivity index (χ0v) is 12.0. The summed E-state index contributed by atoms with van der Waals surface area (Å²) in [5, 5.41) is 11.2. The molecule has 1 atom stereocenters. The molecule has 1 heterocycles. The fourth-order valence-electron chi connectivity index (χ4n) is 2.72. The molecule has 0 aliphatic carbocycles. The zero-order valence-electron chi connectivity index (χ0n) is 12.0. The third-order valence-corrected chi connectivity index (χ3v) is 3.63. The highest BCUT2D eigenvalue weighted by molar-refractivity contribution is 5.83. The number of amides is 2. The highest BCUT2D eigenvalue weighted by Crippen LogP contribution is 2.33. The maximum absolute atomic E-state index is 12.2. The van der Waals surface area contributed by atoms with Crippen LogP contribution in [0.1, 0.15) is 32.1 Å². The second-order valence-corrected chi connectivity index (χ2v) is 5.05. The van der Waals surface area contributed by atoms with E-state index in [2.05, 4.69) is 5.32 Å². The van der Waals surface area contributed by atoms with Crippen LogP contribution in [0.4, 0.5) is 0 Å². The molecule has 0 saturated carbocycles. The molecule has 7 nitrogen and oxygen atoms in total. The number of nitrogens with one attached hydrogen (secondary N) is 1. The van der Waals surface area contributed by atoms with Gasteiger partial charge in [0, 0.05) is 27.1 Å². The molecular formula is C13H22N2O5. The van der Waals surface area contributed by atoms with Gasteiger partial charge < -0.3 is 20.1 Å². The second-order valence-electron chi connectivity index (χ2n) is 5.05. The van der Waals surface area contributed by atoms with Crippen LogP contribution in [0.25, 0.3) is 0 Å². The number of carboxylic acids is 1. The van der Waals surface area contributed by atoms with E-state index in [4.69, 9.17) is 9.84 Å². The van der Waals surface area contributed by atoms with Gasteiger partial charge in [-0.15, -0.1) is 0 Å². The molecule has 0 aromatic rings. The van der Waals surface area contributed by atoms with Crippen LogP contribution in [0.2, 0.25) is 0 Å². The van der Waals surface area contributed by atoms with Crippen LogP contribution in [0.3, 0.4) is 0 Å². The van der Waals surface area contributed by atoms with Gasteiger partial charge >= 0.3 is 5.97 Å². The van der Waals surface area contributed by atoms with Crippen molar-refractivity contribution in [2.45, 2.75) is 37.6 Å².